The van der Waals surface area contributed by atoms with Gasteiger partial charge in [-0.2, -0.15) is 13.2 Å². The van der Waals surface area contributed by atoms with E-state index in [1.54, 1.807) is 6.92 Å². The first kappa shape index (κ1) is 28.7. The van der Waals surface area contributed by atoms with E-state index in [0.717, 1.165) is 56.0 Å². The lowest BCUT2D eigenvalue weighted by molar-refractivity contribution is -0.137. The third kappa shape index (κ3) is 6.93. The predicted octanol–water partition coefficient (Wildman–Crippen LogP) is 4.73. The molecule has 14 heteroatoms. The fourth-order valence-electron chi connectivity index (χ4n) is 4.44. The Bertz CT molecular complexity index is 1450. The summed E-state index contributed by atoms with van der Waals surface area (Å²) in [5, 5.41) is 8.89. The highest BCUT2D eigenvalue weighted by Gasteiger charge is 2.35. The van der Waals surface area contributed by atoms with Crippen LogP contribution in [0.1, 0.15) is 86.2 Å². The number of Topliss-reactive ketones (excluding diaryl/α,β-unsaturated/α-hetero) is 2. The van der Waals surface area contributed by atoms with Gasteiger partial charge in [-0.25, -0.2) is 19.9 Å². The minimum absolute atomic E-state index is 0.0172. The van der Waals surface area contributed by atoms with Crippen molar-refractivity contribution in [2.24, 2.45) is 5.92 Å². The summed E-state index contributed by atoms with van der Waals surface area (Å²) in [5.74, 6) is -1.45. The average Bonchev–Trinajstić information content (AvgIpc) is 3.39. The van der Waals surface area contributed by atoms with Crippen LogP contribution in [-0.2, 0) is 6.18 Å². The number of anilines is 2. The van der Waals surface area contributed by atoms with Crippen LogP contribution in [0.25, 0.3) is 0 Å². The molecule has 41 heavy (non-hydrogen) atoms. The topological polar surface area (TPSA) is 139 Å². The van der Waals surface area contributed by atoms with E-state index in [9.17, 15) is 27.6 Å². The lowest BCUT2D eigenvalue weighted by Gasteiger charge is -2.28. The molecule has 3 aromatic rings. The van der Waals surface area contributed by atoms with E-state index in [-0.39, 0.29) is 63.6 Å². The number of aromatic nitrogens is 4. The molecule has 4 heterocycles. The molecular formula is C27H28F3N7O3S. The SMILES string of the molecule is CC(CC(=O)c1cc(C(=O)CC2CNC2)ncn1)c1ncc(C(=O)Nc2cc(C(F)(F)F)c(NC3CCC3)cn2)s1. The molecule has 0 bridgehead atoms. The van der Waals surface area contributed by atoms with Crippen molar-refractivity contribution in [3.63, 3.8) is 0 Å². The summed E-state index contributed by atoms with van der Waals surface area (Å²) < 4.78 is 41.0. The molecule has 1 unspecified atom stereocenters. The number of carbonyl (C=O) groups excluding carboxylic acids is 3. The normalized spacial score (nSPS) is 16.4. The summed E-state index contributed by atoms with van der Waals surface area (Å²) in [6.07, 6.45) is 1.90. The van der Waals surface area contributed by atoms with Gasteiger partial charge in [0, 0.05) is 24.8 Å². The van der Waals surface area contributed by atoms with Crippen molar-refractivity contribution in [1.82, 2.24) is 25.3 Å². The lowest BCUT2D eigenvalue weighted by Crippen LogP contribution is -2.43. The minimum Gasteiger partial charge on any atom is -0.381 e. The lowest BCUT2D eigenvalue weighted by atomic mass is 9.93. The smallest absolute Gasteiger partial charge is 0.381 e. The molecule has 1 aliphatic carbocycles. The maximum Gasteiger partial charge on any atom is 0.418 e. The van der Waals surface area contributed by atoms with Crippen LogP contribution < -0.4 is 16.0 Å². The van der Waals surface area contributed by atoms with Crippen molar-refractivity contribution < 1.29 is 27.6 Å². The number of ketones is 2. The zero-order valence-electron chi connectivity index (χ0n) is 22.1. The van der Waals surface area contributed by atoms with E-state index in [1.165, 1.54) is 18.6 Å². The first-order valence-corrected chi connectivity index (χ1v) is 14.1. The zero-order chi connectivity index (χ0) is 29.1. The molecule has 1 saturated heterocycles. The minimum atomic E-state index is -4.63. The number of amides is 1. The molecule has 2 aliphatic rings. The number of pyridine rings is 1. The highest BCUT2D eigenvalue weighted by molar-refractivity contribution is 7.13. The monoisotopic (exact) mass is 587 g/mol. The van der Waals surface area contributed by atoms with Gasteiger partial charge in [0.05, 0.1) is 28.7 Å². The van der Waals surface area contributed by atoms with Crippen LogP contribution in [0.5, 0.6) is 0 Å². The van der Waals surface area contributed by atoms with Crippen molar-refractivity contribution in [3.8, 4) is 0 Å². The number of nitrogens with one attached hydrogen (secondary N) is 3. The predicted molar refractivity (Wildman–Crippen MR) is 145 cm³/mol. The Labute approximate surface area is 237 Å². The summed E-state index contributed by atoms with van der Waals surface area (Å²) in [6, 6.07) is 2.20. The maximum atomic E-state index is 13.7. The Balaban J connectivity index is 1.21. The summed E-state index contributed by atoms with van der Waals surface area (Å²) in [7, 11) is 0. The van der Waals surface area contributed by atoms with Gasteiger partial charge in [-0.1, -0.05) is 6.92 Å². The van der Waals surface area contributed by atoms with E-state index >= 15 is 0 Å². The molecule has 1 amide bonds. The maximum absolute atomic E-state index is 13.7. The van der Waals surface area contributed by atoms with Gasteiger partial charge in [0.15, 0.2) is 11.6 Å². The molecule has 0 radical (unpaired) electrons. The molecule has 1 aliphatic heterocycles. The van der Waals surface area contributed by atoms with Gasteiger partial charge in [-0.3, -0.25) is 14.4 Å². The number of nitrogens with zero attached hydrogens (tertiary/aromatic N) is 4. The Kier molecular flexibility index (Phi) is 8.40. The largest absolute Gasteiger partial charge is 0.418 e. The van der Waals surface area contributed by atoms with E-state index in [4.69, 9.17) is 0 Å². The Morgan fingerprint density at radius 3 is 2.41 bits per heavy atom. The van der Waals surface area contributed by atoms with E-state index in [2.05, 4.69) is 35.9 Å². The molecule has 10 nitrogen and oxygen atoms in total. The van der Waals surface area contributed by atoms with E-state index < -0.39 is 17.6 Å². The number of halogens is 3. The van der Waals surface area contributed by atoms with Crippen LogP contribution >= 0.6 is 11.3 Å². The van der Waals surface area contributed by atoms with Gasteiger partial charge in [-0.15, -0.1) is 11.3 Å². The summed E-state index contributed by atoms with van der Waals surface area (Å²) in [6.45, 7) is 3.33. The van der Waals surface area contributed by atoms with Crippen LogP contribution in [0.4, 0.5) is 24.7 Å². The van der Waals surface area contributed by atoms with Crippen LogP contribution in [0.3, 0.4) is 0 Å². The van der Waals surface area contributed by atoms with Crippen LogP contribution in [0.15, 0.2) is 30.9 Å². The summed E-state index contributed by atoms with van der Waals surface area (Å²) in [4.78, 5) is 54.6. The number of rotatable bonds is 11. The van der Waals surface area contributed by atoms with Gasteiger partial charge in [0.2, 0.25) is 0 Å². The highest BCUT2D eigenvalue weighted by atomic mass is 32.1. The Morgan fingerprint density at radius 1 is 1.05 bits per heavy atom. The van der Waals surface area contributed by atoms with Crippen LogP contribution in [0, 0.1) is 5.92 Å². The molecule has 3 N–H and O–H groups in total. The standard InChI is InChI=1S/C27H28F3N7O3S/c1-14(5-21(38)18-8-19(35-13-34-18)22(39)6-15-9-31-10-15)26-33-12-23(41-26)25(40)37-24-7-17(27(28,29)30)20(11-32-24)36-16-3-2-4-16/h7-8,11-16,31,36H,2-6,9-10H2,1H3,(H,32,37,40). The Morgan fingerprint density at radius 2 is 1.78 bits per heavy atom. The number of hydrogen-bond donors (Lipinski definition) is 3. The number of carbonyl (C=O) groups is 3. The molecule has 0 spiro atoms. The van der Waals surface area contributed by atoms with Gasteiger partial charge in [0.25, 0.3) is 5.91 Å². The van der Waals surface area contributed by atoms with Crippen molar-refractivity contribution >= 4 is 40.3 Å². The van der Waals surface area contributed by atoms with Crippen molar-refractivity contribution in [2.75, 3.05) is 23.7 Å². The molecule has 2 fully saturated rings. The molecule has 1 saturated carbocycles. The zero-order valence-corrected chi connectivity index (χ0v) is 22.9. The number of thiazole rings is 1. The number of hydrogen-bond acceptors (Lipinski definition) is 10. The first-order chi connectivity index (χ1) is 19.6. The van der Waals surface area contributed by atoms with Crippen LogP contribution in [-0.4, -0.2) is 56.5 Å². The molecule has 5 rings (SSSR count). The van der Waals surface area contributed by atoms with Gasteiger partial charge < -0.3 is 16.0 Å². The summed E-state index contributed by atoms with van der Waals surface area (Å²) in [5.41, 5.74) is -0.695. The second-order valence-electron chi connectivity index (χ2n) is 10.4. The second kappa shape index (κ2) is 12.0. The average molecular weight is 588 g/mol. The van der Waals surface area contributed by atoms with Gasteiger partial charge >= 0.3 is 6.18 Å². The molecular weight excluding hydrogens is 559 g/mol. The van der Waals surface area contributed by atoms with E-state index in [0.29, 0.717) is 11.4 Å². The fraction of sp³-hybridized carbons (Fsp3) is 0.444. The number of alkyl halides is 3. The van der Waals surface area contributed by atoms with Crippen molar-refractivity contribution in [1.29, 1.82) is 0 Å². The Hall–Kier alpha value is -3.78. The first-order valence-electron chi connectivity index (χ1n) is 13.3. The van der Waals surface area contributed by atoms with E-state index in [1.807, 2.05) is 0 Å². The molecule has 216 valence electrons. The fourth-order valence-corrected chi connectivity index (χ4v) is 5.30. The van der Waals surface area contributed by atoms with Crippen LogP contribution in [0.2, 0.25) is 0 Å². The molecule has 0 aromatic carbocycles. The van der Waals surface area contributed by atoms with Crippen molar-refractivity contribution in [2.45, 2.75) is 57.2 Å². The third-order valence-electron chi connectivity index (χ3n) is 7.15. The highest BCUT2D eigenvalue weighted by Crippen LogP contribution is 2.37. The molecule has 1 atom stereocenters. The van der Waals surface area contributed by atoms with Gasteiger partial charge in [0.1, 0.15) is 28.4 Å². The van der Waals surface area contributed by atoms with Crippen molar-refractivity contribution in [3.05, 3.63) is 57.7 Å². The summed E-state index contributed by atoms with van der Waals surface area (Å²) >= 11 is 1.03. The quantitative estimate of drug-likeness (QED) is 0.272. The molecule has 3 aromatic heterocycles. The van der Waals surface area contributed by atoms with Gasteiger partial charge in [-0.05, 0) is 50.4 Å². The second-order valence-corrected chi connectivity index (χ2v) is 11.4. The third-order valence-corrected chi connectivity index (χ3v) is 8.38.